The second-order valence-electron chi connectivity index (χ2n) is 4.79. The molecule has 1 fully saturated rings. The summed E-state index contributed by atoms with van der Waals surface area (Å²) in [5.74, 6) is 1.28. The molecule has 2 heterocycles. The molecule has 6 nitrogen and oxygen atoms in total. The number of hydrogen-bond acceptors (Lipinski definition) is 5. The molecule has 0 spiro atoms. The molecule has 1 N–H and O–H groups in total. The zero-order valence-corrected chi connectivity index (χ0v) is 13.6. The monoisotopic (exact) mass is 348 g/mol. The van der Waals surface area contributed by atoms with Gasteiger partial charge in [0.15, 0.2) is 5.96 Å². The van der Waals surface area contributed by atoms with Crippen LogP contribution in [-0.2, 0) is 0 Å². The second kappa shape index (κ2) is 8.23. The van der Waals surface area contributed by atoms with E-state index in [0.717, 1.165) is 13.1 Å². The van der Waals surface area contributed by atoms with Gasteiger partial charge in [-0.15, -0.1) is 0 Å². The molecule has 0 aliphatic carbocycles. The largest absolute Gasteiger partial charge is 0.441 e. The number of hydrogen-bond donors (Lipinski definition) is 1. The van der Waals surface area contributed by atoms with E-state index in [9.17, 15) is 13.2 Å². The average Bonchev–Trinajstić information content (AvgIpc) is 2.55. The highest BCUT2D eigenvalue weighted by atomic mass is 32.2. The summed E-state index contributed by atoms with van der Waals surface area (Å²) in [4.78, 5) is 16.7. The molecule has 0 amide bonds. The number of piperazine rings is 1. The first-order chi connectivity index (χ1) is 11.0. The average molecular weight is 348 g/mol. The molecular weight excluding hydrogens is 329 g/mol. The van der Waals surface area contributed by atoms with E-state index in [-0.39, 0.29) is 24.1 Å². The van der Waals surface area contributed by atoms with E-state index in [0.29, 0.717) is 25.0 Å². The highest BCUT2D eigenvalue weighted by Gasteiger charge is 2.27. The van der Waals surface area contributed by atoms with E-state index >= 15 is 0 Å². The molecule has 0 radical (unpaired) electrons. The fraction of sp³-hybridized carbons (Fsp3) is 0.615. The van der Waals surface area contributed by atoms with Crippen LogP contribution in [0.5, 0.6) is 0 Å². The van der Waals surface area contributed by atoms with Crippen LogP contribution in [0.25, 0.3) is 0 Å². The Hall–Kier alpha value is -1.71. The van der Waals surface area contributed by atoms with Gasteiger partial charge in [0, 0.05) is 57.9 Å². The molecular formula is C13H19F3N6S. The zero-order valence-electron chi connectivity index (χ0n) is 12.8. The maximum Gasteiger partial charge on any atom is 0.441 e. The lowest BCUT2D eigenvalue weighted by Crippen LogP contribution is -2.53. The third-order valence-corrected chi connectivity index (χ3v) is 4.01. The maximum atomic E-state index is 12.1. The van der Waals surface area contributed by atoms with Gasteiger partial charge in [-0.2, -0.15) is 13.2 Å². The predicted molar refractivity (Wildman–Crippen MR) is 85.7 cm³/mol. The minimum Gasteiger partial charge on any atom is -0.355 e. The van der Waals surface area contributed by atoms with Gasteiger partial charge in [0.2, 0.25) is 5.95 Å². The van der Waals surface area contributed by atoms with Crippen molar-refractivity contribution in [1.29, 1.82) is 0 Å². The first-order valence-electron chi connectivity index (χ1n) is 7.18. The van der Waals surface area contributed by atoms with Crippen LogP contribution in [0.4, 0.5) is 19.1 Å². The van der Waals surface area contributed by atoms with Crippen molar-refractivity contribution in [2.45, 2.75) is 5.51 Å². The van der Waals surface area contributed by atoms with Gasteiger partial charge in [0.1, 0.15) is 0 Å². The Morgan fingerprint density at radius 2 is 1.91 bits per heavy atom. The summed E-state index contributed by atoms with van der Waals surface area (Å²) in [7, 11) is 1.63. The van der Waals surface area contributed by atoms with Gasteiger partial charge in [-0.05, 0) is 17.8 Å². The molecule has 1 aromatic rings. The first-order valence-corrected chi connectivity index (χ1v) is 8.16. The van der Waals surface area contributed by atoms with Gasteiger partial charge in [0.05, 0.1) is 0 Å². The van der Waals surface area contributed by atoms with E-state index in [1.165, 1.54) is 0 Å². The first kappa shape index (κ1) is 17.6. The lowest BCUT2D eigenvalue weighted by atomic mass is 10.3. The molecule has 0 atom stereocenters. The molecule has 23 heavy (non-hydrogen) atoms. The summed E-state index contributed by atoms with van der Waals surface area (Å²) in [5, 5.41) is 2.97. The van der Waals surface area contributed by atoms with Gasteiger partial charge < -0.3 is 15.1 Å². The number of aromatic nitrogens is 2. The number of guanidine groups is 1. The molecule has 1 aliphatic rings. The summed E-state index contributed by atoms with van der Waals surface area (Å²) in [6.45, 7) is 3.12. The summed E-state index contributed by atoms with van der Waals surface area (Å²) in [6, 6.07) is 1.77. The fourth-order valence-corrected chi connectivity index (χ4v) is 2.67. The number of aliphatic imine (C=N–C) groups is 1. The highest BCUT2D eigenvalue weighted by Crippen LogP contribution is 2.29. The molecule has 1 saturated heterocycles. The van der Waals surface area contributed by atoms with Crippen molar-refractivity contribution in [3.63, 3.8) is 0 Å². The lowest BCUT2D eigenvalue weighted by molar-refractivity contribution is -0.0327. The molecule has 0 aromatic carbocycles. The summed E-state index contributed by atoms with van der Waals surface area (Å²) in [6.07, 6.45) is 3.40. The maximum absolute atomic E-state index is 12.1. The van der Waals surface area contributed by atoms with Crippen molar-refractivity contribution >= 4 is 23.7 Å². The van der Waals surface area contributed by atoms with Crippen LogP contribution in [0.3, 0.4) is 0 Å². The van der Waals surface area contributed by atoms with Crippen LogP contribution >= 0.6 is 11.8 Å². The van der Waals surface area contributed by atoms with Gasteiger partial charge in [-0.1, -0.05) is 0 Å². The quantitative estimate of drug-likeness (QED) is 0.505. The van der Waals surface area contributed by atoms with Crippen molar-refractivity contribution in [2.75, 3.05) is 50.4 Å². The Labute approximate surface area is 137 Å². The number of nitrogens with zero attached hydrogens (tertiary/aromatic N) is 5. The van der Waals surface area contributed by atoms with E-state index in [1.807, 2.05) is 4.90 Å². The van der Waals surface area contributed by atoms with E-state index in [4.69, 9.17) is 0 Å². The normalized spacial score (nSPS) is 16.6. The van der Waals surface area contributed by atoms with Crippen molar-refractivity contribution < 1.29 is 13.2 Å². The Morgan fingerprint density at radius 3 is 2.48 bits per heavy atom. The molecule has 1 aliphatic heterocycles. The van der Waals surface area contributed by atoms with Crippen LogP contribution < -0.4 is 10.2 Å². The minimum absolute atomic E-state index is 0.0304. The Bertz CT molecular complexity index is 502. The summed E-state index contributed by atoms with van der Waals surface area (Å²) in [5.41, 5.74) is -4.19. The number of nitrogens with one attached hydrogen (secondary N) is 1. The lowest BCUT2D eigenvalue weighted by Gasteiger charge is -2.36. The van der Waals surface area contributed by atoms with Gasteiger partial charge >= 0.3 is 5.51 Å². The van der Waals surface area contributed by atoms with E-state index in [2.05, 4.69) is 25.2 Å². The van der Waals surface area contributed by atoms with Crippen LogP contribution in [0.1, 0.15) is 0 Å². The van der Waals surface area contributed by atoms with Crippen LogP contribution in [-0.4, -0.2) is 71.9 Å². The molecule has 0 saturated carbocycles. The number of rotatable bonds is 4. The second-order valence-corrected chi connectivity index (χ2v) is 5.95. The third-order valence-electron chi connectivity index (χ3n) is 3.28. The van der Waals surface area contributed by atoms with Crippen LogP contribution in [0, 0.1) is 0 Å². The topological polar surface area (TPSA) is 56.7 Å². The summed E-state index contributed by atoms with van der Waals surface area (Å²) < 4.78 is 36.3. The van der Waals surface area contributed by atoms with Gasteiger partial charge in [-0.25, -0.2) is 9.97 Å². The minimum atomic E-state index is -4.19. The third kappa shape index (κ3) is 5.77. The highest BCUT2D eigenvalue weighted by molar-refractivity contribution is 8.00. The summed E-state index contributed by atoms with van der Waals surface area (Å²) >= 11 is -0.0304. The zero-order chi connectivity index (χ0) is 16.7. The molecule has 0 unspecified atom stereocenters. The Kier molecular flexibility index (Phi) is 6.31. The Morgan fingerprint density at radius 1 is 1.26 bits per heavy atom. The van der Waals surface area contributed by atoms with Crippen LogP contribution in [0.15, 0.2) is 23.5 Å². The molecule has 128 valence electrons. The molecule has 2 rings (SSSR count). The van der Waals surface area contributed by atoms with Gasteiger partial charge in [-0.3, -0.25) is 4.99 Å². The fourth-order valence-electron chi connectivity index (χ4n) is 2.23. The number of halogens is 3. The smallest absolute Gasteiger partial charge is 0.355 e. The van der Waals surface area contributed by atoms with E-state index in [1.54, 1.807) is 25.5 Å². The molecule has 0 bridgehead atoms. The van der Waals surface area contributed by atoms with Crippen LogP contribution in [0.2, 0.25) is 0 Å². The van der Waals surface area contributed by atoms with Crippen molar-refractivity contribution in [3.8, 4) is 0 Å². The number of alkyl halides is 3. The number of anilines is 1. The Balaban J connectivity index is 1.76. The molecule has 10 heteroatoms. The number of thioether (sulfide) groups is 1. The van der Waals surface area contributed by atoms with Crippen molar-refractivity contribution in [1.82, 2.24) is 20.2 Å². The predicted octanol–water partition coefficient (Wildman–Crippen LogP) is 1.43. The van der Waals surface area contributed by atoms with Crippen molar-refractivity contribution in [2.24, 2.45) is 4.99 Å². The van der Waals surface area contributed by atoms with Crippen molar-refractivity contribution in [3.05, 3.63) is 18.5 Å². The SMILES string of the molecule is CN=C(NCCSC(F)(F)F)N1CCN(c2ncccn2)CC1. The van der Waals surface area contributed by atoms with E-state index < -0.39 is 5.51 Å². The standard InChI is InChI=1S/C13H19F3N6S/c1-17-11(20-5-10-23-13(14,15)16)21-6-8-22(9-7-21)12-18-3-2-4-19-12/h2-4H,5-10H2,1H3,(H,17,20). The van der Waals surface area contributed by atoms with Gasteiger partial charge in [0.25, 0.3) is 0 Å². The molecule has 1 aromatic heterocycles.